The summed E-state index contributed by atoms with van der Waals surface area (Å²) in [7, 11) is 1.70. The molecule has 1 atom stereocenters. The lowest BCUT2D eigenvalue weighted by atomic mass is 10.2. The molecule has 0 aliphatic heterocycles. The third kappa shape index (κ3) is 4.33. The molecule has 5 heteroatoms. The van der Waals surface area contributed by atoms with E-state index < -0.39 is 0 Å². The van der Waals surface area contributed by atoms with E-state index in [2.05, 4.69) is 22.2 Å². The largest absolute Gasteiger partial charge is 0.383 e. The lowest BCUT2D eigenvalue weighted by molar-refractivity contribution is 0.182. The third-order valence-corrected chi connectivity index (χ3v) is 2.35. The Bertz CT molecular complexity index is 307. The molecule has 0 spiro atoms. The Balaban J connectivity index is 2.68. The van der Waals surface area contributed by atoms with Gasteiger partial charge in [0.25, 0.3) is 0 Å². The molecule has 0 fully saturated rings. The fourth-order valence-electron chi connectivity index (χ4n) is 1.56. The van der Waals surface area contributed by atoms with E-state index in [1.807, 2.05) is 13.0 Å². The maximum absolute atomic E-state index is 5.79. The van der Waals surface area contributed by atoms with Gasteiger partial charge in [-0.15, -0.1) is 0 Å². The zero-order valence-corrected chi connectivity index (χ0v) is 10.7. The molecule has 1 heterocycles. The van der Waals surface area contributed by atoms with Crippen LogP contribution in [-0.2, 0) is 4.74 Å². The summed E-state index contributed by atoms with van der Waals surface area (Å²) in [5, 5.41) is 3.58. The molecule has 1 N–H and O–H groups in total. The first-order valence-corrected chi connectivity index (χ1v) is 5.80. The molecule has 0 aromatic carbocycles. The Morgan fingerprint density at radius 1 is 1.50 bits per heavy atom. The first-order chi connectivity index (χ1) is 7.65. The highest BCUT2D eigenvalue weighted by Crippen LogP contribution is 2.12. The van der Waals surface area contributed by atoms with Gasteiger partial charge in [-0.05, 0) is 24.9 Å². The van der Waals surface area contributed by atoms with Crippen LogP contribution >= 0.6 is 11.6 Å². The summed E-state index contributed by atoms with van der Waals surface area (Å²) in [5.74, 6) is 0.757. The van der Waals surface area contributed by atoms with E-state index in [1.165, 1.54) is 0 Å². The Morgan fingerprint density at radius 2 is 2.25 bits per heavy atom. The van der Waals surface area contributed by atoms with Crippen LogP contribution in [0.2, 0.25) is 5.28 Å². The van der Waals surface area contributed by atoms with Crippen molar-refractivity contribution in [2.24, 2.45) is 0 Å². The topological polar surface area (TPSA) is 47.0 Å². The van der Waals surface area contributed by atoms with Crippen molar-refractivity contribution in [3.63, 3.8) is 0 Å². The molecule has 1 aromatic heterocycles. The monoisotopic (exact) mass is 243 g/mol. The highest BCUT2D eigenvalue weighted by molar-refractivity contribution is 6.28. The summed E-state index contributed by atoms with van der Waals surface area (Å²) in [6, 6.07) is 2.14. The van der Waals surface area contributed by atoms with Gasteiger partial charge in [-0.25, -0.2) is 9.97 Å². The van der Waals surface area contributed by atoms with Crippen molar-refractivity contribution in [1.29, 1.82) is 0 Å². The number of nitrogens with zero attached hydrogens (tertiary/aromatic N) is 2. The van der Waals surface area contributed by atoms with Crippen molar-refractivity contribution in [3.05, 3.63) is 17.0 Å². The summed E-state index contributed by atoms with van der Waals surface area (Å²) >= 11 is 5.79. The predicted molar refractivity (Wildman–Crippen MR) is 66.0 cm³/mol. The number of ether oxygens (including phenoxy) is 1. The van der Waals surface area contributed by atoms with Gasteiger partial charge in [-0.1, -0.05) is 13.3 Å². The maximum Gasteiger partial charge on any atom is 0.224 e. The molecule has 1 rings (SSSR count). The molecule has 16 heavy (non-hydrogen) atoms. The minimum Gasteiger partial charge on any atom is -0.383 e. The highest BCUT2D eigenvalue weighted by Gasteiger charge is 2.08. The summed E-state index contributed by atoms with van der Waals surface area (Å²) in [6.07, 6.45) is 2.13. The van der Waals surface area contributed by atoms with Crippen LogP contribution in [0.4, 0.5) is 5.82 Å². The first kappa shape index (κ1) is 13.2. The van der Waals surface area contributed by atoms with E-state index in [-0.39, 0.29) is 11.3 Å². The van der Waals surface area contributed by atoms with Crippen LogP contribution in [0.15, 0.2) is 6.07 Å². The van der Waals surface area contributed by atoms with Crippen LogP contribution in [0, 0.1) is 6.92 Å². The molecule has 4 nitrogen and oxygen atoms in total. The Labute approximate surface area is 101 Å². The van der Waals surface area contributed by atoms with E-state index >= 15 is 0 Å². The normalized spacial score (nSPS) is 12.5. The summed E-state index contributed by atoms with van der Waals surface area (Å²) in [6.45, 7) is 4.70. The van der Waals surface area contributed by atoms with E-state index in [0.29, 0.717) is 6.61 Å². The summed E-state index contributed by atoms with van der Waals surface area (Å²) in [4.78, 5) is 8.14. The smallest absolute Gasteiger partial charge is 0.224 e. The second kappa shape index (κ2) is 6.66. The van der Waals surface area contributed by atoms with Gasteiger partial charge in [0.05, 0.1) is 12.6 Å². The molecular weight excluding hydrogens is 226 g/mol. The molecule has 0 aliphatic rings. The van der Waals surface area contributed by atoms with Crippen LogP contribution in [0.3, 0.4) is 0 Å². The number of rotatable bonds is 6. The minimum absolute atomic E-state index is 0.264. The molecule has 0 saturated heterocycles. The Hall–Kier alpha value is -0.870. The number of hydrogen-bond acceptors (Lipinski definition) is 4. The van der Waals surface area contributed by atoms with E-state index in [0.717, 1.165) is 24.4 Å². The third-order valence-electron chi connectivity index (χ3n) is 2.18. The van der Waals surface area contributed by atoms with E-state index in [1.54, 1.807) is 7.11 Å². The molecule has 0 saturated carbocycles. The van der Waals surface area contributed by atoms with Gasteiger partial charge in [-0.2, -0.15) is 0 Å². The molecule has 1 unspecified atom stereocenters. The SMILES string of the molecule is CCCC(COC)Nc1cc(C)nc(Cl)n1. The number of aromatic nitrogens is 2. The van der Waals surface area contributed by atoms with Gasteiger partial charge in [0.2, 0.25) is 5.28 Å². The van der Waals surface area contributed by atoms with Crippen molar-refractivity contribution in [2.45, 2.75) is 32.7 Å². The number of aryl methyl sites for hydroxylation is 1. The number of hydrogen-bond donors (Lipinski definition) is 1. The number of methoxy groups -OCH3 is 1. The molecular formula is C11H18ClN3O. The fraction of sp³-hybridized carbons (Fsp3) is 0.636. The van der Waals surface area contributed by atoms with Gasteiger partial charge in [0.1, 0.15) is 5.82 Å². The Morgan fingerprint density at radius 3 is 2.81 bits per heavy atom. The first-order valence-electron chi connectivity index (χ1n) is 5.42. The van der Waals surface area contributed by atoms with Gasteiger partial charge in [0, 0.05) is 18.9 Å². The second-order valence-corrected chi connectivity index (χ2v) is 4.09. The van der Waals surface area contributed by atoms with Crippen LogP contribution in [0.1, 0.15) is 25.5 Å². The predicted octanol–water partition coefficient (Wildman–Crippen LogP) is 2.67. The second-order valence-electron chi connectivity index (χ2n) is 3.75. The number of nitrogens with one attached hydrogen (secondary N) is 1. The maximum atomic E-state index is 5.79. The van der Waals surface area contributed by atoms with Gasteiger partial charge in [-0.3, -0.25) is 0 Å². The van der Waals surface area contributed by atoms with Crippen molar-refractivity contribution in [2.75, 3.05) is 19.0 Å². The van der Waals surface area contributed by atoms with Crippen molar-refractivity contribution in [3.8, 4) is 0 Å². The molecule has 0 amide bonds. The van der Waals surface area contributed by atoms with Gasteiger partial charge >= 0.3 is 0 Å². The minimum atomic E-state index is 0.264. The van der Waals surface area contributed by atoms with Crippen LogP contribution in [0.5, 0.6) is 0 Å². The van der Waals surface area contributed by atoms with E-state index in [9.17, 15) is 0 Å². The number of anilines is 1. The fourth-order valence-corrected chi connectivity index (χ4v) is 1.79. The Kier molecular flexibility index (Phi) is 5.49. The summed E-state index contributed by atoms with van der Waals surface area (Å²) < 4.78 is 5.15. The van der Waals surface area contributed by atoms with Crippen molar-refractivity contribution < 1.29 is 4.74 Å². The van der Waals surface area contributed by atoms with Crippen LogP contribution < -0.4 is 5.32 Å². The molecule has 0 radical (unpaired) electrons. The van der Waals surface area contributed by atoms with Gasteiger partial charge < -0.3 is 10.1 Å². The lowest BCUT2D eigenvalue weighted by Crippen LogP contribution is -2.25. The standard InChI is InChI=1S/C11H18ClN3O/c1-4-5-9(7-16-3)14-10-6-8(2)13-11(12)15-10/h6,9H,4-5,7H2,1-3H3,(H,13,14,15). The van der Waals surface area contributed by atoms with E-state index in [4.69, 9.17) is 16.3 Å². The number of halogens is 1. The van der Waals surface area contributed by atoms with Crippen LogP contribution in [0.25, 0.3) is 0 Å². The highest BCUT2D eigenvalue weighted by atomic mass is 35.5. The van der Waals surface area contributed by atoms with Crippen molar-refractivity contribution in [1.82, 2.24) is 9.97 Å². The average Bonchev–Trinajstić information content (AvgIpc) is 2.16. The zero-order chi connectivity index (χ0) is 12.0. The molecule has 90 valence electrons. The van der Waals surface area contributed by atoms with Crippen LogP contribution in [-0.4, -0.2) is 29.7 Å². The molecule has 1 aromatic rings. The quantitative estimate of drug-likeness (QED) is 0.781. The lowest BCUT2D eigenvalue weighted by Gasteiger charge is -2.17. The summed E-state index contributed by atoms with van der Waals surface area (Å²) in [5.41, 5.74) is 0.857. The van der Waals surface area contributed by atoms with Gasteiger partial charge in [0.15, 0.2) is 0 Å². The average molecular weight is 244 g/mol. The zero-order valence-electron chi connectivity index (χ0n) is 9.96. The molecule has 0 aliphatic carbocycles. The molecule has 0 bridgehead atoms. The van der Waals surface area contributed by atoms with Crippen molar-refractivity contribution >= 4 is 17.4 Å².